The number of alkyl halides is 10. The zero-order valence-corrected chi connectivity index (χ0v) is 55.1. The number of nitrogen functional groups attached to an aromatic ring is 1. The smallest absolute Gasteiger partial charge is 0.394 e. The molecule has 12 heterocycles. The number of ether oxygens (including phenoxy) is 4. The van der Waals surface area contributed by atoms with Crippen LogP contribution in [0, 0.1) is 38.5 Å². The van der Waals surface area contributed by atoms with Crippen LogP contribution in [0.5, 0.6) is 0 Å². The van der Waals surface area contributed by atoms with E-state index in [0.29, 0.717) is 51.3 Å². The van der Waals surface area contributed by atoms with Gasteiger partial charge in [-0.2, -0.15) is 64.8 Å². The van der Waals surface area contributed by atoms with Gasteiger partial charge >= 0.3 is 46.9 Å². The standard InChI is InChI=1S/C14H17F3N4O4S.C13H17FN4O.C13H18N4O2.C10H13N5O4.C2F6O5S2/c1-4-9-7(2)11(25-26(22,23)14(15,16)17)13(24-9)21-6-20-10-8(3)18-5-19-12(10)21;1-4-9-7(2)10(14)13(19-9)18-6-17-11-8(3)15-5-16-12(11)18;1-4-9-7(2)11(18)13(19-9)17-6-16-10-8(3)14-5-15-12(10)17;11-8-5-9(13-2-12-8)15(3-14-5)10-7(18)6(17)4(1-16)19-10;3-1(4,5)14(9,10)13-15(11,12)2(6,7)8/h5-7,9,11,13H,4H2,1-3H3;5-7,9-10,13H,4H2,1-3H3;5-7,9,11,13,18H,4H2,1-3H3;2-4,6-7,10,16-18H,1H2,(H2,11,12,13);/t7-,9-,11-,13-;7-,9-,10-,13-;7-,9-,11-,13-;4-,6-,7-,10-;/m1111./s1. The van der Waals surface area contributed by atoms with E-state index in [1.54, 1.807) is 42.6 Å². The molecule has 4 saturated heterocycles. The Labute approximate surface area is 549 Å². The van der Waals surface area contributed by atoms with Crippen molar-refractivity contribution >= 4 is 80.8 Å². The minimum atomic E-state index is -6.85. The third-order valence-electron chi connectivity index (χ3n) is 16.2. The van der Waals surface area contributed by atoms with Crippen molar-refractivity contribution in [1.82, 2.24) is 78.1 Å². The van der Waals surface area contributed by atoms with Gasteiger partial charge < -0.3 is 45.1 Å². The summed E-state index contributed by atoms with van der Waals surface area (Å²) in [7, 11) is -19.5. The van der Waals surface area contributed by atoms with Crippen LogP contribution in [-0.4, -0.2) is 202 Å². The Kier molecular flexibility index (Phi) is 23.0. The summed E-state index contributed by atoms with van der Waals surface area (Å²) in [5, 5.41) is 39.1. The SMILES string of the molecule is CC[C@H]1O[C@@H](n2cnc3c(C)ncnc32)[C@H](F)[C@@H]1C.CC[C@H]1O[C@@H](n2cnc3c(C)ncnc32)[C@H](O)[C@@H]1C.CC[C@H]1O[C@@H](n2cnc3c(C)ncnc32)[C@H](OS(=O)(=O)C(F)(F)F)[C@@H]1C.Nc1ncnc2c1ncn2[C@@H]1O[C@H](CO)[C@@H](O)[C@H]1O.O=S(=O)(OS(=O)(=O)C(F)(F)F)C(F)(F)F. The highest BCUT2D eigenvalue weighted by Crippen LogP contribution is 2.43. The summed E-state index contributed by atoms with van der Waals surface area (Å²) in [5.74, 6) is -0.385. The highest BCUT2D eigenvalue weighted by Gasteiger charge is 2.58. The molecule has 542 valence electrons. The van der Waals surface area contributed by atoms with E-state index in [2.05, 4.69) is 70.9 Å². The van der Waals surface area contributed by atoms with Crippen molar-refractivity contribution < 1.29 is 116 Å². The number of rotatable bonds is 12. The van der Waals surface area contributed by atoms with Crippen LogP contribution in [0.1, 0.15) is 103 Å². The number of nitrogens with two attached hydrogens (primary N) is 1. The van der Waals surface area contributed by atoms with Crippen molar-refractivity contribution in [2.45, 2.75) is 178 Å². The first kappa shape index (κ1) is 76.5. The van der Waals surface area contributed by atoms with Crippen molar-refractivity contribution in [3.05, 3.63) is 67.7 Å². The van der Waals surface area contributed by atoms with Gasteiger partial charge in [-0.05, 0) is 40.0 Å². The third-order valence-corrected chi connectivity index (χ3v) is 19.8. The lowest BCUT2D eigenvalue weighted by atomic mass is 9.99. The molecule has 0 unspecified atom stereocenters. The predicted molar refractivity (Wildman–Crippen MR) is 315 cm³/mol. The van der Waals surface area contributed by atoms with Gasteiger partial charge in [0.2, 0.25) is 0 Å². The van der Waals surface area contributed by atoms with Crippen molar-refractivity contribution in [3.8, 4) is 0 Å². The number of imidazole rings is 4. The Morgan fingerprint density at radius 3 is 1.18 bits per heavy atom. The summed E-state index contributed by atoms with van der Waals surface area (Å²) in [6.07, 6.45) is 4.00. The van der Waals surface area contributed by atoms with Gasteiger partial charge in [-0.15, -0.1) is 3.63 Å². The first-order valence-corrected chi connectivity index (χ1v) is 33.5. The monoisotopic (exact) mass is 1470 g/mol. The predicted octanol–water partition coefficient (Wildman–Crippen LogP) is 4.89. The summed E-state index contributed by atoms with van der Waals surface area (Å²) >= 11 is 0. The van der Waals surface area contributed by atoms with Gasteiger partial charge in [0, 0.05) is 17.8 Å². The molecule has 0 radical (unpaired) electrons. The van der Waals surface area contributed by atoms with E-state index < -0.39 is 127 Å². The van der Waals surface area contributed by atoms with E-state index in [0.717, 1.165) is 29.7 Å². The molecular formula is C52H65F10N17O16S3. The van der Waals surface area contributed by atoms with Crippen LogP contribution >= 0.6 is 0 Å². The molecule has 0 aliphatic carbocycles. The highest BCUT2D eigenvalue weighted by atomic mass is 32.3. The molecule has 0 saturated carbocycles. The number of fused-ring (bicyclic) bond motifs is 4. The molecule has 98 heavy (non-hydrogen) atoms. The van der Waals surface area contributed by atoms with Crippen LogP contribution < -0.4 is 5.73 Å². The van der Waals surface area contributed by atoms with Crippen LogP contribution in [-0.2, 0) is 57.1 Å². The minimum absolute atomic E-state index is 0.0552. The van der Waals surface area contributed by atoms with Crippen LogP contribution in [0.2, 0.25) is 0 Å². The first-order chi connectivity index (χ1) is 45.7. The highest BCUT2D eigenvalue weighted by molar-refractivity contribution is 8.00. The molecule has 0 aromatic carbocycles. The number of nitrogens with zero attached hydrogens (tertiary/aromatic N) is 16. The quantitative estimate of drug-likeness (QED) is 0.0617. The number of aromatic nitrogens is 16. The summed E-state index contributed by atoms with van der Waals surface area (Å²) in [4.78, 5) is 49.4. The zero-order chi connectivity index (χ0) is 72.7. The van der Waals surface area contributed by atoms with E-state index in [-0.39, 0.29) is 29.9 Å². The maximum atomic E-state index is 14.4. The van der Waals surface area contributed by atoms with Crippen molar-refractivity contribution in [2.75, 3.05) is 12.3 Å². The van der Waals surface area contributed by atoms with E-state index in [9.17, 15) is 84.5 Å². The lowest BCUT2D eigenvalue weighted by Gasteiger charge is -2.22. The first-order valence-electron chi connectivity index (χ1n) is 29.3. The fourth-order valence-corrected chi connectivity index (χ4v) is 13.0. The number of halogens is 10. The molecule has 4 fully saturated rings. The van der Waals surface area contributed by atoms with Gasteiger partial charge in [0.25, 0.3) is 0 Å². The van der Waals surface area contributed by atoms with E-state index in [1.165, 1.54) is 47.1 Å². The third kappa shape index (κ3) is 15.4. The second-order valence-electron chi connectivity index (χ2n) is 22.4. The second-order valence-corrected chi connectivity index (χ2v) is 27.3. The molecule has 0 amide bonds. The molecule has 6 N–H and O–H groups in total. The lowest BCUT2D eigenvalue weighted by molar-refractivity contribution is -0.0674. The van der Waals surface area contributed by atoms with Crippen LogP contribution in [0.4, 0.5) is 49.7 Å². The molecule has 0 spiro atoms. The van der Waals surface area contributed by atoms with Gasteiger partial charge in [0.15, 0.2) is 59.5 Å². The maximum Gasteiger partial charge on any atom is 0.524 e. The van der Waals surface area contributed by atoms with Crippen LogP contribution in [0.3, 0.4) is 0 Å². The zero-order valence-electron chi connectivity index (χ0n) is 52.6. The summed E-state index contributed by atoms with van der Waals surface area (Å²) < 4.78 is 220. The number of aliphatic hydroxyl groups is 4. The molecular weight excluding hydrogens is 1400 g/mol. The molecule has 33 nitrogen and oxygen atoms in total. The summed E-state index contributed by atoms with van der Waals surface area (Å²) in [6, 6.07) is 0. The number of anilines is 1. The molecule has 8 aromatic rings. The Balaban J connectivity index is 0.000000158. The number of hydrogen-bond acceptors (Lipinski definition) is 29. The van der Waals surface area contributed by atoms with E-state index >= 15 is 0 Å². The molecule has 8 aromatic heterocycles. The van der Waals surface area contributed by atoms with E-state index in [4.69, 9.17) is 29.8 Å². The second kappa shape index (κ2) is 29.5. The van der Waals surface area contributed by atoms with Crippen LogP contribution in [0.25, 0.3) is 44.7 Å². The average Bonchev–Trinajstić information content (AvgIpc) is 1.70. The lowest BCUT2D eigenvalue weighted by Crippen LogP contribution is -2.35. The molecule has 12 rings (SSSR count). The van der Waals surface area contributed by atoms with Gasteiger partial charge in [0.05, 0.1) is 67.3 Å². The Morgan fingerprint density at radius 1 is 0.459 bits per heavy atom. The molecule has 16 atom stereocenters. The molecule has 4 aliphatic rings. The fourth-order valence-electron chi connectivity index (χ4n) is 10.8. The largest absolute Gasteiger partial charge is 0.524 e. The number of aliphatic hydroxyl groups excluding tert-OH is 4. The Morgan fingerprint density at radius 2 is 0.796 bits per heavy atom. The molecule has 0 bridgehead atoms. The van der Waals surface area contributed by atoms with Gasteiger partial charge in [-0.3, -0.25) is 22.5 Å². The Hall–Kier alpha value is -7.25. The molecule has 4 aliphatic heterocycles. The molecule has 46 heteroatoms. The van der Waals surface area contributed by atoms with E-state index in [1.807, 2.05) is 38.2 Å². The number of hydrogen-bond donors (Lipinski definition) is 5. The Bertz CT molecular complexity index is 4150. The van der Waals surface area contributed by atoms with Crippen molar-refractivity contribution in [3.63, 3.8) is 0 Å². The van der Waals surface area contributed by atoms with Gasteiger partial charge in [-0.25, -0.2) is 64.2 Å². The summed E-state index contributed by atoms with van der Waals surface area (Å²) in [6.45, 7) is 16.4. The average molecular weight is 1470 g/mol. The normalized spacial score (nSPS) is 27.7. The maximum absolute atomic E-state index is 14.4. The van der Waals surface area contributed by atoms with Gasteiger partial charge in [0.1, 0.15) is 77.9 Å². The van der Waals surface area contributed by atoms with Crippen molar-refractivity contribution in [1.29, 1.82) is 0 Å². The van der Waals surface area contributed by atoms with Crippen LogP contribution in [0.15, 0.2) is 50.6 Å². The summed E-state index contributed by atoms with van der Waals surface area (Å²) in [5.41, 5.74) is -5.83. The fraction of sp³-hybridized carbons (Fsp3) is 0.615. The number of aryl methyl sites for hydroxylation is 3. The topological polar surface area (TPSA) is 439 Å². The van der Waals surface area contributed by atoms with Crippen molar-refractivity contribution in [2.24, 2.45) is 17.8 Å². The minimum Gasteiger partial charge on any atom is -0.394 e. The van der Waals surface area contributed by atoms with Gasteiger partial charge in [-0.1, -0.05) is 41.5 Å².